The minimum atomic E-state index is -0.547. The minimum Gasteiger partial charge on any atom is -0.487 e. The van der Waals surface area contributed by atoms with Crippen molar-refractivity contribution in [2.75, 3.05) is 6.61 Å². The Hall–Kier alpha value is -1.75. The number of aliphatic hydroxyl groups is 1. The predicted octanol–water partition coefficient (Wildman–Crippen LogP) is 1.98. The summed E-state index contributed by atoms with van der Waals surface area (Å²) in [6.45, 7) is 4.26. The lowest BCUT2D eigenvalue weighted by atomic mass is 9.92. The van der Waals surface area contributed by atoms with Crippen molar-refractivity contribution in [2.24, 2.45) is 0 Å². The molecule has 2 aliphatic heterocycles. The summed E-state index contributed by atoms with van der Waals surface area (Å²) < 4.78 is 16.4. The molecule has 2 aliphatic rings. The number of hydrogen-bond acceptors (Lipinski definition) is 5. The van der Waals surface area contributed by atoms with E-state index < -0.39 is 17.8 Å². The van der Waals surface area contributed by atoms with E-state index in [1.54, 1.807) is 18.2 Å². The molecule has 0 bridgehead atoms. The highest BCUT2D eigenvalue weighted by Crippen LogP contribution is 2.41. The molecular formula is C15H18O5. The Morgan fingerprint density at radius 2 is 2.20 bits per heavy atom. The molecule has 2 unspecified atom stereocenters. The van der Waals surface area contributed by atoms with Crippen LogP contribution in [0.3, 0.4) is 0 Å². The second-order valence-electron chi connectivity index (χ2n) is 5.84. The second-order valence-corrected chi connectivity index (χ2v) is 5.84. The van der Waals surface area contributed by atoms with Crippen molar-refractivity contribution in [1.29, 1.82) is 0 Å². The van der Waals surface area contributed by atoms with Gasteiger partial charge in [-0.15, -0.1) is 0 Å². The van der Waals surface area contributed by atoms with Gasteiger partial charge in [-0.05, 0) is 26.0 Å². The third-order valence-corrected chi connectivity index (χ3v) is 3.58. The third-order valence-electron chi connectivity index (χ3n) is 3.58. The monoisotopic (exact) mass is 278 g/mol. The fourth-order valence-electron chi connectivity index (χ4n) is 2.62. The van der Waals surface area contributed by atoms with Crippen molar-refractivity contribution in [2.45, 2.75) is 44.5 Å². The average molecular weight is 278 g/mol. The fourth-order valence-corrected chi connectivity index (χ4v) is 2.62. The zero-order valence-electron chi connectivity index (χ0n) is 11.6. The van der Waals surface area contributed by atoms with E-state index in [1.165, 1.54) is 0 Å². The van der Waals surface area contributed by atoms with Crippen molar-refractivity contribution in [1.82, 2.24) is 0 Å². The Kier molecular flexibility index (Phi) is 3.09. The highest BCUT2D eigenvalue weighted by molar-refractivity contribution is 5.76. The predicted molar refractivity (Wildman–Crippen MR) is 70.7 cm³/mol. The van der Waals surface area contributed by atoms with Gasteiger partial charge >= 0.3 is 5.97 Å². The first-order valence-corrected chi connectivity index (χ1v) is 6.79. The van der Waals surface area contributed by atoms with Crippen LogP contribution in [0.25, 0.3) is 0 Å². The Morgan fingerprint density at radius 3 is 2.90 bits per heavy atom. The van der Waals surface area contributed by atoms with E-state index in [0.717, 1.165) is 5.56 Å². The number of cyclic esters (lactones) is 1. The first-order valence-electron chi connectivity index (χ1n) is 6.79. The molecule has 0 saturated carbocycles. The molecule has 1 aromatic carbocycles. The van der Waals surface area contributed by atoms with Gasteiger partial charge in [0.25, 0.3) is 0 Å². The molecule has 0 amide bonds. The zero-order valence-corrected chi connectivity index (χ0v) is 11.6. The van der Waals surface area contributed by atoms with Crippen LogP contribution in [0.2, 0.25) is 0 Å². The molecule has 1 saturated heterocycles. The highest BCUT2D eigenvalue weighted by Gasteiger charge is 2.33. The van der Waals surface area contributed by atoms with E-state index in [1.807, 2.05) is 13.8 Å². The summed E-state index contributed by atoms with van der Waals surface area (Å²) in [7, 11) is 0. The normalized spacial score (nSPS) is 27.4. The molecule has 1 fully saturated rings. The van der Waals surface area contributed by atoms with Crippen LogP contribution in [-0.2, 0) is 9.53 Å². The van der Waals surface area contributed by atoms with E-state index in [2.05, 4.69) is 0 Å². The van der Waals surface area contributed by atoms with Crippen molar-refractivity contribution in [3.05, 3.63) is 23.8 Å². The van der Waals surface area contributed by atoms with Gasteiger partial charge in [-0.2, -0.15) is 0 Å². The first kappa shape index (κ1) is 13.2. The molecule has 2 atom stereocenters. The zero-order chi connectivity index (χ0) is 14.3. The van der Waals surface area contributed by atoms with Crippen LogP contribution in [0.5, 0.6) is 11.5 Å². The van der Waals surface area contributed by atoms with Gasteiger partial charge in [0.05, 0.1) is 12.7 Å². The van der Waals surface area contributed by atoms with Gasteiger partial charge in [0.2, 0.25) is 0 Å². The van der Waals surface area contributed by atoms with Crippen LogP contribution in [0.1, 0.15) is 38.4 Å². The van der Waals surface area contributed by atoms with Gasteiger partial charge in [0, 0.05) is 24.5 Å². The van der Waals surface area contributed by atoms with Gasteiger partial charge in [-0.3, -0.25) is 0 Å². The minimum absolute atomic E-state index is 0.330. The van der Waals surface area contributed by atoms with Crippen LogP contribution in [0.15, 0.2) is 18.2 Å². The maximum absolute atomic E-state index is 11.4. The van der Waals surface area contributed by atoms with Crippen molar-refractivity contribution in [3.8, 4) is 11.5 Å². The number of fused-ring (bicyclic) bond motifs is 1. The highest BCUT2D eigenvalue weighted by atomic mass is 16.6. The summed E-state index contributed by atoms with van der Waals surface area (Å²) in [6, 6.07) is 5.26. The molecule has 2 heterocycles. The van der Waals surface area contributed by atoms with E-state index in [-0.39, 0.29) is 5.97 Å². The maximum Gasteiger partial charge on any atom is 0.347 e. The second kappa shape index (κ2) is 4.66. The molecule has 0 aliphatic carbocycles. The standard InChI is InChI=1S/C15H18O5/c1-15(2)8-11(16)10-4-3-9(7-13(10)20-15)19-12-5-6-18-14(12)17/h3-4,7,11-12,16H,5-6,8H2,1-2H3. The van der Waals surface area contributed by atoms with E-state index in [9.17, 15) is 9.90 Å². The molecule has 5 heteroatoms. The van der Waals surface area contributed by atoms with Gasteiger partial charge in [0.15, 0.2) is 6.10 Å². The Labute approximate surface area is 117 Å². The number of hydrogen-bond donors (Lipinski definition) is 1. The first-order chi connectivity index (χ1) is 9.44. The molecule has 108 valence electrons. The molecule has 5 nitrogen and oxygen atoms in total. The number of carbonyl (C=O) groups is 1. The van der Waals surface area contributed by atoms with Gasteiger partial charge in [0.1, 0.15) is 17.1 Å². The van der Waals surface area contributed by atoms with Crippen LogP contribution in [-0.4, -0.2) is 29.4 Å². The van der Waals surface area contributed by atoms with Gasteiger partial charge < -0.3 is 19.3 Å². The van der Waals surface area contributed by atoms with Crippen molar-refractivity contribution < 1.29 is 24.1 Å². The number of aliphatic hydroxyl groups excluding tert-OH is 1. The van der Waals surface area contributed by atoms with Crippen LogP contribution in [0, 0.1) is 0 Å². The molecule has 1 aromatic rings. The van der Waals surface area contributed by atoms with E-state index in [4.69, 9.17) is 14.2 Å². The number of benzene rings is 1. The number of esters is 1. The molecule has 0 spiro atoms. The summed E-state index contributed by atoms with van der Waals surface area (Å²) in [5.74, 6) is 0.833. The largest absolute Gasteiger partial charge is 0.487 e. The molecule has 3 rings (SSSR count). The quantitative estimate of drug-likeness (QED) is 0.838. The topological polar surface area (TPSA) is 65.0 Å². The van der Waals surface area contributed by atoms with Crippen LogP contribution < -0.4 is 9.47 Å². The van der Waals surface area contributed by atoms with E-state index in [0.29, 0.717) is 30.9 Å². The summed E-state index contributed by atoms with van der Waals surface area (Å²) in [5, 5.41) is 10.1. The molecular weight excluding hydrogens is 260 g/mol. The van der Waals surface area contributed by atoms with Crippen molar-refractivity contribution >= 4 is 5.97 Å². The van der Waals surface area contributed by atoms with Gasteiger partial charge in [-0.25, -0.2) is 4.79 Å². The maximum atomic E-state index is 11.4. The lowest BCUT2D eigenvalue weighted by Gasteiger charge is -2.35. The molecule has 1 N–H and O–H groups in total. The Balaban J connectivity index is 1.83. The number of carbonyl (C=O) groups excluding carboxylic acids is 1. The Morgan fingerprint density at radius 1 is 1.40 bits per heavy atom. The smallest absolute Gasteiger partial charge is 0.347 e. The third kappa shape index (κ3) is 2.45. The fraction of sp³-hybridized carbons (Fsp3) is 0.533. The molecule has 0 radical (unpaired) electrons. The summed E-state index contributed by atoms with van der Waals surface area (Å²) in [6.07, 6.45) is 0.0221. The Bertz CT molecular complexity index is 537. The lowest BCUT2D eigenvalue weighted by Crippen LogP contribution is -2.34. The van der Waals surface area contributed by atoms with E-state index >= 15 is 0 Å². The SMILES string of the molecule is CC1(C)CC(O)c2ccc(OC3CCOC3=O)cc2O1. The lowest BCUT2D eigenvalue weighted by molar-refractivity contribution is -0.143. The summed E-state index contributed by atoms with van der Waals surface area (Å²) in [4.78, 5) is 11.4. The summed E-state index contributed by atoms with van der Waals surface area (Å²) >= 11 is 0. The molecule has 20 heavy (non-hydrogen) atoms. The number of ether oxygens (including phenoxy) is 3. The van der Waals surface area contributed by atoms with Crippen LogP contribution in [0.4, 0.5) is 0 Å². The van der Waals surface area contributed by atoms with Crippen molar-refractivity contribution in [3.63, 3.8) is 0 Å². The van der Waals surface area contributed by atoms with Crippen LogP contribution >= 0.6 is 0 Å². The van der Waals surface area contributed by atoms with Gasteiger partial charge in [-0.1, -0.05) is 0 Å². The molecule has 0 aromatic heterocycles. The average Bonchev–Trinajstić information content (AvgIpc) is 2.73. The summed E-state index contributed by atoms with van der Waals surface area (Å²) in [5.41, 5.74) is 0.336. The number of rotatable bonds is 2.